The number of H-pyrrole nitrogens is 1. The SMILES string of the molecule is O=C(O)c1[nH]c2c(Cl)cc(-c3ccccc3)cc2c1Cl. The van der Waals surface area contributed by atoms with Gasteiger partial charge < -0.3 is 10.1 Å². The maximum absolute atomic E-state index is 11.1. The van der Waals surface area contributed by atoms with Crippen LogP contribution in [-0.4, -0.2) is 16.1 Å². The van der Waals surface area contributed by atoms with Crippen LogP contribution in [0.15, 0.2) is 42.5 Å². The van der Waals surface area contributed by atoms with E-state index in [9.17, 15) is 4.79 Å². The van der Waals surface area contributed by atoms with Gasteiger partial charge in [0.1, 0.15) is 5.69 Å². The Kier molecular flexibility index (Phi) is 3.16. The minimum atomic E-state index is -1.11. The van der Waals surface area contributed by atoms with E-state index in [4.69, 9.17) is 28.3 Å². The third kappa shape index (κ3) is 2.05. The van der Waals surface area contributed by atoms with E-state index in [-0.39, 0.29) is 10.7 Å². The van der Waals surface area contributed by atoms with Crippen LogP contribution in [0.4, 0.5) is 0 Å². The maximum Gasteiger partial charge on any atom is 0.353 e. The molecular weight excluding hydrogens is 297 g/mol. The molecule has 2 N–H and O–H groups in total. The molecular formula is C15H9Cl2NO2. The van der Waals surface area contributed by atoms with Crippen molar-refractivity contribution in [3.63, 3.8) is 0 Å². The molecule has 5 heteroatoms. The summed E-state index contributed by atoms with van der Waals surface area (Å²) in [6, 6.07) is 13.3. The van der Waals surface area contributed by atoms with Gasteiger partial charge in [-0.05, 0) is 23.3 Å². The molecule has 0 spiro atoms. The van der Waals surface area contributed by atoms with Gasteiger partial charge >= 0.3 is 5.97 Å². The molecule has 2 aromatic carbocycles. The zero-order valence-electron chi connectivity index (χ0n) is 10.2. The Labute approximate surface area is 124 Å². The Balaban J connectivity index is 2.29. The standard InChI is InChI=1S/C15H9Cl2NO2/c16-11-7-9(8-4-2-1-3-5-8)6-10-12(17)14(15(19)20)18-13(10)11/h1-7,18H,(H,19,20). The highest BCUT2D eigenvalue weighted by Crippen LogP contribution is 2.36. The molecule has 1 aromatic heterocycles. The lowest BCUT2D eigenvalue weighted by atomic mass is 10.0. The summed E-state index contributed by atoms with van der Waals surface area (Å²) < 4.78 is 0. The number of aromatic carboxylic acids is 1. The fourth-order valence-corrected chi connectivity index (χ4v) is 2.71. The van der Waals surface area contributed by atoms with Crippen molar-refractivity contribution in [3.8, 4) is 11.1 Å². The van der Waals surface area contributed by atoms with Crippen LogP contribution in [0.2, 0.25) is 10.0 Å². The number of halogens is 2. The molecule has 0 bridgehead atoms. The predicted octanol–water partition coefficient (Wildman–Crippen LogP) is 4.84. The van der Waals surface area contributed by atoms with E-state index in [2.05, 4.69) is 4.98 Å². The van der Waals surface area contributed by atoms with Crippen molar-refractivity contribution in [1.29, 1.82) is 0 Å². The van der Waals surface area contributed by atoms with E-state index in [1.54, 1.807) is 6.07 Å². The van der Waals surface area contributed by atoms with Gasteiger partial charge in [0.2, 0.25) is 0 Å². The number of rotatable bonds is 2. The van der Waals surface area contributed by atoms with Crippen molar-refractivity contribution in [2.75, 3.05) is 0 Å². The van der Waals surface area contributed by atoms with Crippen LogP contribution >= 0.6 is 23.2 Å². The highest BCUT2D eigenvalue weighted by Gasteiger charge is 2.18. The lowest BCUT2D eigenvalue weighted by Gasteiger charge is -2.03. The van der Waals surface area contributed by atoms with E-state index in [1.165, 1.54) is 0 Å². The lowest BCUT2D eigenvalue weighted by Crippen LogP contribution is -1.96. The van der Waals surface area contributed by atoms with Crippen LogP contribution in [0.1, 0.15) is 10.5 Å². The number of carboxylic acids is 1. The first-order valence-electron chi connectivity index (χ1n) is 5.87. The first kappa shape index (κ1) is 13.0. The third-order valence-corrected chi connectivity index (χ3v) is 3.81. The van der Waals surface area contributed by atoms with Gasteiger partial charge in [0.05, 0.1) is 15.6 Å². The van der Waals surface area contributed by atoms with Crippen LogP contribution in [0.3, 0.4) is 0 Å². The highest BCUT2D eigenvalue weighted by atomic mass is 35.5. The molecule has 20 heavy (non-hydrogen) atoms. The van der Waals surface area contributed by atoms with Crippen LogP contribution in [0.5, 0.6) is 0 Å². The van der Waals surface area contributed by atoms with Gasteiger partial charge in [-0.25, -0.2) is 4.79 Å². The van der Waals surface area contributed by atoms with E-state index in [0.29, 0.717) is 15.9 Å². The highest BCUT2D eigenvalue weighted by molar-refractivity contribution is 6.41. The van der Waals surface area contributed by atoms with Gasteiger partial charge in [0.25, 0.3) is 0 Å². The molecule has 100 valence electrons. The average Bonchev–Trinajstić information content (AvgIpc) is 2.78. The number of aromatic nitrogens is 1. The van der Waals surface area contributed by atoms with Crippen molar-refractivity contribution >= 4 is 40.1 Å². The topological polar surface area (TPSA) is 53.1 Å². The van der Waals surface area contributed by atoms with Crippen LogP contribution in [-0.2, 0) is 0 Å². The molecule has 0 radical (unpaired) electrons. The minimum Gasteiger partial charge on any atom is -0.477 e. The normalized spacial score (nSPS) is 10.9. The minimum absolute atomic E-state index is 0.0474. The summed E-state index contributed by atoms with van der Waals surface area (Å²) in [5, 5.41) is 10.3. The first-order chi connectivity index (χ1) is 9.58. The van der Waals surface area contributed by atoms with Crippen molar-refractivity contribution in [3.05, 3.63) is 58.2 Å². The molecule has 3 nitrogen and oxygen atoms in total. The lowest BCUT2D eigenvalue weighted by molar-refractivity contribution is 0.0692. The Morgan fingerprint density at radius 3 is 2.40 bits per heavy atom. The van der Waals surface area contributed by atoms with E-state index in [0.717, 1.165) is 11.1 Å². The van der Waals surface area contributed by atoms with Crippen molar-refractivity contribution in [2.24, 2.45) is 0 Å². The summed E-state index contributed by atoms with van der Waals surface area (Å²) in [4.78, 5) is 13.8. The average molecular weight is 306 g/mol. The number of aromatic amines is 1. The van der Waals surface area contributed by atoms with Gasteiger partial charge in [-0.2, -0.15) is 0 Å². The van der Waals surface area contributed by atoms with Crippen molar-refractivity contribution in [1.82, 2.24) is 4.98 Å². The molecule has 3 aromatic rings. The molecule has 1 heterocycles. The van der Waals surface area contributed by atoms with Crippen molar-refractivity contribution < 1.29 is 9.90 Å². The van der Waals surface area contributed by atoms with E-state index >= 15 is 0 Å². The zero-order valence-corrected chi connectivity index (χ0v) is 11.7. The quantitative estimate of drug-likeness (QED) is 0.711. The maximum atomic E-state index is 11.1. The molecule has 0 fully saturated rings. The fraction of sp³-hybridized carbons (Fsp3) is 0. The summed E-state index contributed by atoms with van der Waals surface area (Å²) in [6.45, 7) is 0. The van der Waals surface area contributed by atoms with Crippen molar-refractivity contribution in [2.45, 2.75) is 0 Å². The number of hydrogen-bond donors (Lipinski definition) is 2. The summed E-state index contributed by atoms with van der Waals surface area (Å²) in [5.41, 5.74) is 2.37. The number of benzene rings is 2. The van der Waals surface area contributed by atoms with Gasteiger partial charge in [-0.3, -0.25) is 0 Å². The Morgan fingerprint density at radius 1 is 1.05 bits per heavy atom. The molecule has 0 aliphatic carbocycles. The molecule has 0 atom stereocenters. The Hall–Kier alpha value is -1.97. The fourth-order valence-electron chi connectivity index (χ4n) is 2.17. The second-order valence-corrected chi connectivity index (χ2v) is 5.15. The summed E-state index contributed by atoms with van der Waals surface area (Å²) in [7, 11) is 0. The zero-order chi connectivity index (χ0) is 14.3. The van der Waals surface area contributed by atoms with E-state index in [1.807, 2.05) is 36.4 Å². The predicted molar refractivity (Wildman–Crippen MR) is 80.7 cm³/mol. The molecule has 0 unspecified atom stereocenters. The van der Waals surface area contributed by atoms with Gasteiger partial charge in [0, 0.05) is 5.39 Å². The van der Waals surface area contributed by atoms with Gasteiger partial charge in [-0.15, -0.1) is 0 Å². The Bertz CT molecular complexity index is 810. The third-order valence-electron chi connectivity index (χ3n) is 3.12. The summed E-state index contributed by atoms with van der Waals surface area (Å²) >= 11 is 12.3. The molecule has 0 saturated carbocycles. The molecule has 0 saturated heterocycles. The molecule has 0 amide bonds. The van der Waals surface area contributed by atoms with Crippen LogP contribution < -0.4 is 0 Å². The number of carboxylic acid groups (broad SMARTS) is 1. The summed E-state index contributed by atoms with van der Waals surface area (Å²) in [6.07, 6.45) is 0. The second kappa shape index (κ2) is 4.85. The number of hydrogen-bond acceptors (Lipinski definition) is 1. The summed E-state index contributed by atoms with van der Waals surface area (Å²) in [5.74, 6) is -1.11. The number of fused-ring (bicyclic) bond motifs is 1. The first-order valence-corrected chi connectivity index (χ1v) is 6.63. The number of nitrogens with one attached hydrogen (secondary N) is 1. The smallest absolute Gasteiger partial charge is 0.353 e. The largest absolute Gasteiger partial charge is 0.477 e. The molecule has 0 aliphatic heterocycles. The monoisotopic (exact) mass is 305 g/mol. The van der Waals surface area contributed by atoms with Gasteiger partial charge in [0.15, 0.2) is 0 Å². The molecule has 3 rings (SSSR count). The van der Waals surface area contributed by atoms with E-state index < -0.39 is 5.97 Å². The van der Waals surface area contributed by atoms with Crippen LogP contribution in [0.25, 0.3) is 22.0 Å². The van der Waals surface area contributed by atoms with Crippen LogP contribution in [0, 0.1) is 0 Å². The van der Waals surface area contributed by atoms with Gasteiger partial charge in [-0.1, -0.05) is 53.5 Å². The Morgan fingerprint density at radius 2 is 1.75 bits per heavy atom. The molecule has 0 aliphatic rings. The number of carbonyl (C=O) groups is 1. The second-order valence-electron chi connectivity index (χ2n) is 4.37.